The zero-order valence-electron chi connectivity index (χ0n) is 12.1. The van der Waals surface area contributed by atoms with E-state index in [-0.39, 0.29) is 5.54 Å². The Kier molecular flexibility index (Phi) is 3.43. The van der Waals surface area contributed by atoms with Crippen LogP contribution in [0.3, 0.4) is 0 Å². The number of carbonyl (C=O) groups is 1. The van der Waals surface area contributed by atoms with Gasteiger partial charge in [0.05, 0.1) is 12.6 Å². The summed E-state index contributed by atoms with van der Waals surface area (Å²) in [7, 11) is 1.37. The maximum absolute atomic E-state index is 12.0. The van der Waals surface area contributed by atoms with Gasteiger partial charge in [-0.1, -0.05) is 0 Å². The molecule has 19 heavy (non-hydrogen) atoms. The van der Waals surface area contributed by atoms with Crippen LogP contribution in [0.4, 0.5) is 11.6 Å². The van der Waals surface area contributed by atoms with Crippen molar-refractivity contribution < 1.29 is 9.53 Å². The van der Waals surface area contributed by atoms with Crippen LogP contribution in [0.25, 0.3) is 0 Å². The first-order valence-electron chi connectivity index (χ1n) is 6.58. The van der Waals surface area contributed by atoms with Gasteiger partial charge in [0.1, 0.15) is 11.4 Å². The zero-order valence-corrected chi connectivity index (χ0v) is 12.1. The average molecular weight is 266 g/mol. The highest BCUT2D eigenvalue weighted by molar-refractivity contribution is 5.99. The Morgan fingerprint density at radius 1 is 1.32 bits per heavy atom. The predicted molar refractivity (Wildman–Crippen MR) is 74.4 cm³/mol. The van der Waals surface area contributed by atoms with Crippen molar-refractivity contribution in [2.24, 2.45) is 0 Å². The Balaban J connectivity index is 2.54. The number of esters is 1. The van der Waals surface area contributed by atoms with Crippen molar-refractivity contribution in [3.05, 3.63) is 5.56 Å². The van der Waals surface area contributed by atoms with E-state index in [1.807, 2.05) is 20.8 Å². The summed E-state index contributed by atoms with van der Waals surface area (Å²) < 4.78 is 6.55. The second-order valence-electron chi connectivity index (χ2n) is 5.85. The van der Waals surface area contributed by atoms with Crippen molar-refractivity contribution >= 4 is 17.6 Å². The van der Waals surface area contributed by atoms with E-state index in [4.69, 9.17) is 10.5 Å². The summed E-state index contributed by atoms with van der Waals surface area (Å²) in [6.45, 7) is 7.83. The number of nitrogen functional groups attached to an aromatic ring is 1. The van der Waals surface area contributed by atoms with Gasteiger partial charge < -0.3 is 15.4 Å². The number of hydrogen-bond acceptors (Lipinski definition) is 5. The summed E-state index contributed by atoms with van der Waals surface area (Å²) in [6.07, 6.45) is 2.23. The number of hydrogen-bond donors (Lipinski definition) is 1. The van der Waals surface area contributed by atoms with E-state index in [1.54, 1.807) is 4.68 Å². The van der Waals surface area contributed by atoms with Crippen LogP contribution in [-0.4, -0.2) is 35.9 Å². The fraction of sp³-hybridized carbons (Fsp3) is 0.692. The van der Waals surface area contributed by atoms with Crippen molar-refractivity contribution in [2.75, 3.05) is 30.8 Å². The smallest absolute Gasteiger partial charge is 0.345 e. The van der Waals surface area contributed by atoms with Gasteiger partial charge in [-0.15, -0.1) is 0 Å². The van der Waals surface area contributed by atoms with Gasteiger partial charge in [0, 0.05) is 13.1 Å². The number of ether oxygens (including phenoxy) is 1. The van der Waals surface area contributed by atoms with Gasteiger partial charge in [-0.2, -0.15) is 5.10 Å². The maximum Gasteiger partial charge on any atom is 0.345 e. The van der Waals surface area contributed by atoms with Crippen molar-refractivity contribution in [3.63, 3.8) is 0 Å². The van der Waals surface area contributed by atoms with E-state index in [0.29, 0.717) is 17.2 Å². The van der Waals surface area contributed by atoms with E-state index in [2.05, 4.69) is 10.00 Å². The summed E-state index contributed by atoms with van der Waals surface area (Å²) in [5.74, 6) is 0.605. The molecular formula is C13H22N4O2. The van der Waals surface area contributed by atoms with Gasteiger partial charge >= 0.3 is 5.97 Å². The first-order chi connectivity index (χ1) is 8.86. The van der Waals surface area contributed by atoms with E-state index in [0.717, 1.165) is 25.9 Å². The highest BCUT2D eigenvalue weighted by Gasteiger charge is 2.31. The molecule has 6 heteroatoms. The number of nitrogens with zero attached hydrogens (tertiary/aromatic N) is 3. The summed E-state index contributed by atoms with van der Waals surface area (Å²) in [5, 5.41) is 4.55. The Hall–Kier alpha value is -1.72. The van der Waals surface area contributed by atoms with Crippen LogP contribution < -0.4 is 10.6 Å². The van der Waals surface area contributed by atoms with Gasteiger partial charge in [-0.25, -0.2) is 9.48 Å². The lowest BCUT2D eigenvalue weighted by atomic mass is 10.1. The monoisotopic (exact) mass is 266 g/mol. The van der Waals surface area contributed by atoms with Crippen LogP contribution in [0.15, 0.2) is 0 Å². The van der Waals surface area contributed by atoms with Crippen LogP contribution in [-0.2, 0) is 10.3 Å². The molecule has 2 rings (SSSR count). The molecule has 1 aliphatic rings. The van der Waals surface area contributed by atoms with Crippen LogP contribution >= 0.6 is 0 Å². The van der Waals surface area contributed by atoms with Crippen LogP contribution in [0.2, 0.25) is 0 Å². The van der Waals surface area contributed by atoms with E-state index in [9.17, 15) is 4.79 Å². The Labute approximate surface area is 113 Å². The van der Waals surface area contributed by atoms with Crippen molar-refractivity contribution in [1.82, 2.24) is 9.78 Å². The SMILES string of the molecule is COC(=O)c1c(N2CCCC2)nn(C(C)(C)C)c1N. The van der Waals surface area contributed by atoms with Crippen LogP contribution in [0, 0.1) is 0 Å². The zero-order chi connectivity index (χ0) is 14.2. The maximum atomic E-state index is 12.0. The molecule has 0 unspecified atom stereocenters. The predicted octanol–water partition coefficient (Wildman–Crippen LogP) is 1.61. The average Bonchev–Trinajstić information content (AvgIpc) is 2.93. The van der Waals surface area contributed by atoms with Crippen molar-refractivity contribution in [1.29, 1.82) is 0 Å². The van der Waals surface area contributed by atoms with Gasteiger partial charge in [-0.3, -0.25) is 0 Å². The topological polar surface area (TPSA) is 73.4 Å². The highest BCUT2D eigenvalue weighted by Crippen LogP contribution is 2.32. The molecule has 0 aliphatic carbocycles. The lowest BCUT2D eigenvalue weighted by Gasteiger charge is -2.21. The third-order valence-corrected chi connectivity index (χ3v) is 3.33. The lowest BCUT2D eigenvalue weighted by Crippen LogP contribution is -2.25. The molecular weight excluding hydrogens is 244 g/mol. The first-order valence-corrected chi connectivity index (χ1v) is 6.58. The fourth-order valence-electron chi connectivity index (χ4n) is 2.38. The molecule has 6 nitrogen and oxygen atoms in total. The largest absolute Gasteiger partial charge is 0.465 e. The van der Waals surface area contributed by atoms with Crippen molar-refractivity contribution in [2.45, 2.75) is 39.2 Å². The molecule has 1 aliphatic heterocycles. The van der Waals surface area contributed by atoms with Gasteiger partial charge in [0.2, 0.25) is 0 Å². The second kappa shape index (κ2) is 4.75. The molecule has 1 aromatic rings. The molecule has 1 aromatic heterocycles. The number of methoxy groups -OCH3 is 1. The molecule has 2 heterocycles. The normalized spacial score (nSPS) is 15.9. The molecule has 0 atom stereocenters. The molecule has 0 amide bonds. The minimum Gasteiger partial charge on any atom is -0.465 e. The molecule has 106 valence electrons. The standard InChI is InChI=1S/C13H22N4O2/c1-13(2,3)17-10(14)9(12(18)19-4)11(15-17)16-7-5-6-8-16/h5-8,14H2,1-4H3. The minimum absolute atomic E-state index is 0.273. The number of rotatable bonds is 2. The Morgan fingerprint density at radius 2 is 1.89 bits per heavy atom. The fourth-order valence-corrected chi connectivity index (χ4v) is 2.38. The molecule has 2 N–H and O–H groups in total. The summed E-state index contributed by atoms with van der Waals surface area (Å²) in [4.78, 5) is 14.1. The number of nitrogens with two attached hydrogens (primary N) is 1. The summed E-state index contributed by atoms with van der Waals surface area (Å²) in [6, 6.07) is 0. The second-order valence-corrected chi connectivity index (χ2v) is 5.85. The molecule has 0 radical (unpaired) electrons. The summed E-state index contributed by atoms with van der Waals surface area (Å²) in [5.41, 5.74) is 6.22. The molecule has 1 fully saturated rings. The third kappa shape index (κ3) is 2.39. The lowest BCUT2D eigenvalue weighted by molar-refractivity contribution is 0.0602. The Bertz CT molecular complexity index is 482. The quantitative estimate of drug-likeness (QED) is 0.823. The summed E-state index contributed by atoms with van der Waals surface area (Å²) >= 11 is 0. The highest BCUT2D eigenvalue weighted by atomic mass is 16.5. The van der Waals surface area contributed by atoms with Crippen LogP contribution in [0.1, 0.15) is 44.0 Å². The van der Waals surface area contributed by atoms with Gasteiger partial charge in [-0.05, 0) is 33.6 Å². The third-order valence-electron chi connectivity index (χ3n) is 3.33. The van der Waals surface area contributed by atoms with Gasteiger partial charge in [0.25, 0.3) is 0 Å². The molecule has 0 aromatic carbocycles. The van der Waals surface area contributed by atoms with E-state index >= 15 is 0 Å². The van der Waals surface area contributed by atoms with E-state index in [1.165, 1.54) is 7.11 Å². The molecule has 0 spiro atoms. The molecule has 0 bridgehead atoms. The Morgan fingerprint density at radius 3 is 2.37 bits per heavy atom. The van der Waals surface area contributed by atoms with Crippen LogP contribution in [0.5, 0.6) is 0 Å². The molecule has 0 saturated carbocycles. The van der Waals surface area contributed by atoms with Crippen molar-refractivity contribution in [3.8, 4) is 0 Å². The van der Waals surface area contributed by atoms with E-state index < -0.39 is 5.97 Å². The number of carbonyl (C=O) groups excluding carboxylic acids is 1. The number of aromatic nitrogens is 2. The molecule has 1 saturated heterocycles. The van der Waals surface area contributed by atoms with Gasteiger partial charge in [0.15, 0.2) is 5.82 Å². The minimum atomic E-state index is -0.421. The number of anilines is 2. The first kappa shape index (κ1) is 13.7.